The van der Waals surface area contributed by atoms with Crippen LogP contribution in [-0.4, -0.2) is 6.61 Å². The zero-order valence-electron chi connectivity index (χ0n) is 16.0. The fraction of sp³-hybridized carbons (Fsp3) is 0.217. The van der Waals surface area contributed by atoms with Gasteiger partial charge in [0.1, 0.15) is 6.61 Å². The zero-order chi connectivity index (χ0) is 19.9. The second kappa shape index (κ2) is 10.0. The summed E-state index contributed by atoms with van der Waals surface area (Å²) in [6.07, 6.45) is 0. The molecule has 5 heteroatoms. The lowest BCUT2D eigenvalue weighted by atomic mass is 10.1. The summed E-state index contributed by atoms with van der Waals surface area (Å²) in [5, 5.41) is 4.16. The Morgan fingerprint density at radius 3 is 2.46 bits per heavy atom. The fourth-order valence-corrected chi connectivity index (χ4v) is 3.78. The van der Waals surface area contributed by atoms with Crippen LogP contribution < -0.4 is 14.8 Å². The lowest BCUT2D eigenvalue weighted by molar-refractivity contribution is 0.267. The molecular weight excluding hydrogens is 485 g/mol. The first-order valence-electron chi connectivity index (χ1n) is 9.18. The van der Waals surface area contributed by atoms with Crippen molar-refractivity contribution in [1.82, 2.24) is 0 Å². The normalized spacial score (nSPS) is 10.6. The van der Waals surface area contributed by atoms with E-state index in [1.165, 1.54) is 5.56 Å². The summed E-state index contributed by atoms with van der Waals surface area (Å²) in [4.78, 5) is 0. The predicted octanol–water partition coefficient (Wildman–Crippen LogP) is 6.84. The molecule has 146 valence electrons. The van der Waals surface area contributed by atoms with E-state index in [1.807, 2.05) is 37.3 Å². The first kappa shape index (κ1) is 20.8. The first-order valence-corrected chi connectivity index (χ1v) is 10.6. The average molecular weight is 508 g/mol. The van der Waals surface area contributed by atoms with Crippen molar-refractivity contribution < 1.29 is 9.47 Å². The molecule has 0 aliphatic heterocycles. The Morgan fingerprint density at radius 1 is 1.00 bits per heavy atom. The Balaban J connectivity index is 1.75. The van der Waals surface area contributed by atoms with Crippen molar-refractivity contribution in [3.8, 4) is 11.5 Å². The molecule has 1 N–H and O–H groups in total. The topological polar surface area (TPSA) is 30.5 Å². The summed E-state index contributed by atoms with van der Waals surface area (Å²) in [5.41, 5.74) is 4.43. The van der Waals surface area contributed by atoms with E-state index in [4.69, 9.17) is 21.1 Å². The van der Waals surface area contributed by atoms with Gasteiger partial charge in [0.15, 0.2) is 11.5 Å². The Bertz CT molecular complexity index is 928. The number of anilines is 1. The molecule has 0 aromatic heterocycles. The molecule has 0 saturated heterocycles. The van der Waals surface area contributed by atoms with Gasteiger partial charge in [-0.15, -0.1) is 0 Å². The fourth-order valence-electron chi connectivity index (χ4n) is 2.77. The highest BCUT2D eigenvalue weighted by molar-refractivity contribution is 14.1. The number of nitrogens with one attached hydrogen (secondary N) is 1. The molecule has 0 atom stereocenters. The summed E-state index contributed by atoms with van der Waals surface area (Å²) in [6.45, 7) is 5.75. The van der Waals surface area contributed by atoms with Crippen molar-refractivity contribution in [3.05, 3.63) is 85.9 Å². The van der Waals surface area contributed by atoms with Crippen LogP contribution in [0.1, 0.15) is 23.6 Å². The molecule has 0 heterocycles. The van der Waals surface area contributed by atoms with Gasteiger partial charge in [0.2, 0.25) is 0 Å². The van der Waals surface area contributed by atoms with E-state index >= 15 is 0 Å². The molecule has 3 rings (SSSR count). The van der Waals surface area contributed by atoms with E-state index in [0.717, 1.165) is 31.9 Å². The van der Waals surface area contributed by atoms with Gasteiger partial charge in [0.05, 0.1) is 10.2 Å². The van der Waals surface area contributed by atoms with Crippen LogP contribution in [0.3, 0.4) is 0 Å². The molecule has 0 aliphatic carbocycles. The van der Waals surface area contributed by atoms with Crippen molar-refractivity contribution in [2.75, 3.05) is 11.9 Å². The molecule has 0 unspecified atom stereocenters. The number of aryl methyl sites for hydroxylation is 1. The molecule has 0 radical (unpaired) electrons. The van der Waals surface area contributed by atoms with Crippen LogP contribution in [0.5, 0.6) is 11.5 Å². The summed E-state index contributed by atoms with van der Waals surface area (Å²) in [7, 11) is 0. The van der Waals surface area contributed by atoms with Gasteiger partial charge in [-0.3, -0.25) is 0 Å². The van der Waals surface area contributed by atoms with Gasteiger partial charge in [0, 0.05) is 22.8 Å². The van der Waals surface area contributed by atoms with Crippen LogP contribution in [0.15, 0.2) is 60.7 Å². The van der Waals surface area contributed by atoms with E-state index < -0.39 is 0 Å². The minimum Gasteiger partial charge on any atom is -0.490 e. The van der Waals surface area contributed by atoms with Gasteiger partial charge in [-0.25, -0.2) is 0 Å². The van der Waals surface area contributed by atoms with Gasteiger partial charge >= 0.3 is 0 Å². The molecule has 28 heavy (non-hydrogen) atoms. The van der Waals surface area contributed by atoms with E-state index in [-0.39, 0.29) is 0 Å². The SMILES string of the molecule is CCOc1cc(CNc2ccc(C)cc2)cc(I)c1OCc1ccccc1Cl. The van der Waals surface area contributed by atoms with Crippen LogP contribution in [-0.2, 0) is 13.2 Å². The predicted molar refractivity (Wildman–Crippen MR) is 125 cm³/mol. The molecule has 0 spiro atoms. The summed E-state index contributed by atoms with van der Waals surface area (Å²) >= 11 is 8.54. The minimum absolute atomic E-state index is 0.400. The third-order valence-corrected chi connectivity index (χ3v) is 5.42. The van der Waals surface area contributed by atoms with E-state index in [2.05, 4.69) is 65.2 Å². The van der Waals surface area contributed by atoms with Crippen LogP contribution in [0.25, 0.3) is 0 Å². The van der Waals surface area contributed by atoms with Crippen molar-refractivity contribution in [2.24, 2.45) is 0 Å². The maximum absolute atomic E-state index is 6.24. The summed E-state index contributed by atoms with van der Waals surface area (Å²) in [5.74, 6) is 1.50. The van der Waals surface area contributed by atoms with Gasteiger partial charge in [0.25, 0.3) is 0 Å². The molecule has 0 fully saturated rings. The number of ether oxygens (including phenoxy) is 2. The summed E-state index contributed by atoms with van der Waals surface area (Å²) in [6, 6.07) is 20.2. The highest BCUT2D eigenvalue weighted by Crippen LogP contribution is 2.35. The Kier molecular flexibility index (Phi) is 7.45. The summed E-state index contributed by atoms with van der Waals surface area (Å²) < 4.78 is 12.9. The molecule has 3 aromatic carbocycles. The number of benzene rings is 3. The van der Waals surface area contributed by atoms with Gasteiger partial charge in [-0.1, -0.05) is 47.5 Å². The lowest BCUT2D eigenvalue weighted by Gasteiger charge is -2.16. The second-order valence-electron chi connectivity index (χ2n) is 6.44. The maximum Gasteiger partial charge on any atom is 0.174 e. The smallest absolute Gasteiger partial charge is 0.174 e. The van der Waals surface area contributed by atoms with Crippen molar-refractivity contribution in [1.29, 1.82) is 0 Å². The van der Waals surface area contributed by atoms with Crippen molar-refractivity contribution in [2.45, 2.75) is 27.0 Å². The van der Waals surface area contributed by atoms with Crippen LogP contribution in [0.2, 0.25) is 5.02 Å². The van der Waals surface area contributed by atoms with Crippen molar-refractivity contribution >= 4 is 39.9 Å². The highest BCUT2D eigenvalue weighted by atomic mass is 127. The third kappa shape index (κ3) is 5.55. The zero-order valence-corrected chi connectivity index (χ0v) is 18.9. The van der Waals surface area contributed by atoms with Crippen LogP contribution in [0, 0.1) is 10.5 Å². The third-order valence-electron chi connectivity index (χ3n) is 4.25. The highest BCUT2D eigenvalue weighted by Gasteiger charge is 2.13. The molecule has 0 saturated carbocycles. The number of rotatable bonds is 8. The maximum atomic E-state index is 6.24. The number of halogens is 2. The Labute approximate surface area is 185 Å². The monoisotopic (exact) mass is 507 g/mol. The van der Waals surface area contributed by atoms with Crippen LogP contribution >= 0.6 is 34.2 Å². The van der Waals surface area contributed by atoms with E-state index in [0.29, 0.717) is 24.8 Å². The first-order chi connectivity index (χ1) is 13.6. The molecule has 0 amide bonds. The van der Waals surface area contributed by atoms with E-state index in [1.54, 1.807) is 0 Å². The largest absolute Gasteiger partial charge is 0.490 e. The second-order valence-corrected chi connectivity index (χ2v) is 8.01. The quantitative estimate of drug-likeness (QED) is 0.339. The molecular formula is C23H23ClINO2. The van der Waals surface area contributed by atoms with Crippen LogP contribution in [0.4, 0.5) is 5.69 Å². The standard InChI is InChI=1S/C23H23ClINO2/c1-3-27-22-13-17(14-26-19-10-8-16(2)9-11-19)12-21(25)23(22)28-15-18-6-4-5-7-20(18)24/h4-13,26H,3,14-15H2,1-2H3. The molecule has 0 aliphatic rings. The molecule has 3 aromatic rings. The average Bonchev–Trinajstić information content (AvgIpc) is 2.68. The Morgan fingerprint density at radius 2 is 1.75 bits per heavy atom. The molecule has 3 nitrogen and oxygen atoms in total. The van der Waals surface area contributed by atoms with Gasteiger partial charge in [-0.2, -0.15) is 0 Å². The Hall–Kier alpha value is -1.92. The van der Waals surface area contributed by atoms with Crippen molar-refractivity contribution in [3.63, 3.8) is 0 Å². The molecule has 0 bridgehead atoms. The van der Waals surface area contributed by atoms with Gasteiger partial charge < -0.3 is 14.8 Å². The van der Waals surface area contributed by atoms with Gasteiger partial charge in [-0.05, 0) is 72.3 Å². The van der Waals surface area contributed by atoms with E-state index in [9.17, 15) is 0 Å². The number of hydrogen-bond donors (Lipinski definition) is 1. The minimum atomic E-state index is 0.400. The lowest BCUT2D eigenvalue weighted by Crippen LogP contribution is -2.05. The number of hydrogen-bond acceptors (Lipinski definition) is 3.